The van der Waals surface area contributed by atoms with Crippen molar-refractivity contribution in [2.24, 2.45) is 5.92 Å². The van der Waals surface area contributed by atoms with E-state index < -0.39 is 0 Å². The maximum Gasteiger partial charge on any atom is 0.0291 e. The smallest absolute Gasteiger partial charge is 0.0291 e. The number of hydrogen-bond acceptors (Lipinski definition) is 1. The van der Waals surface area contributed by atoms with E-state index in [-0.39, 0.29) is 0 Å². The average Bonchev–Trinajstić information content (AvgIpc) is 2.38. The van der Waals surface area contributed by atoms with E-state index in [1.165, 1.54) is 47.8 Å². The van der Waals surface area contributed by atoms with Gasteiger partial charge in [-0.2, -0.15) is 0 Å². The van der Waals surface area contributed by atoms with Crippen LogP contribution >= 0.6 is 22.6 Å². The summed E-state index contributed by atoms with van der Waals surface area (Å²) in [6.07, 6.45) is 7.16. The molecule has 17 heavy (non-hydrogen) atoms. The van der Waals surface area contributed by atoms with Gasteiger partial charge in [0.05, 0.1) is 0 Å². The molecule has 0 aliphatic heterocycles. The summed E-state index contributed by atoms with van der Waals surface area (Å²) in [6.45, 7) is 3.46. The molecule has 0 spiro atoms. The third-order valence-electron chi connectivity index (χ3n) is 3.81. The summed E-state index contributed by atoms with van der Waals surface area (Å²) in [4.78, 5) is 0. The van der Waals surface area contributed by atoms with E-state index in [2.05, 4.69) is 59.1 Å². The molecule has 0 aromatic heterocycles. The van der Waals surface area contributed by atoms with Crippen molar-refractivity contribution in [3.05, 3.63) is 33.4 Å². The van der Waals surface area contributed by atoms with Gasteiger partial charge in [0.2, 0.25) is 0 Å². The Kier molecular flexibility index (Phi) is 5.29. The third-order valence-corrected chi connectivity index (χ3v) is 4.53. The first-order valence-electron chi connectivity index (χ1n) is 6.74. The molecule has 94 valence electrons. The minimum atomic E-state index is 0.480. The summed E-state index contributed by atoms with van der Waals surface area (Å²) >= 11 is 2.36. The van der Waals surface area contributed by atoms with E-state index in [1.54, 1.807) is 0 Å². The van der Waals surface area contributed by atoms with Crippen LogP contribution in [0.15, 0.2) is 24.3 Å². The van der Waals surface area contributed by atoms with E-state index in [0.29, 0.717) is 6.04 Å². The van der Waals surface area contributed by atoms with Crippen LogP contribution in [0, 0.1) is 9.49 Å². The monoisotopic (exact) mass is 343 g/mol. The van der Waals surface area contributed by atoms with Gasteiger partial charge in [0, 0.05) is 9.61 Å². The van der Waals surface area contributed by atoms with Crippen molar-refractivity contribution in [1.82, 2.24) is 5.32 Å². The van der Waals surface area contributed by atoms with E-state index in [0.717, 1.165) is 5.92 Å². The first-order chi connectivity index (χ1) is 8.25. The molecule has 1 N–H and O–H groups in total. The second-order valence-corrected chi connectivity index (χ2v) is 6.43. The fraction of sp³-hybridized carbons (Fsp3) is 0.600. The van der Waals surface area contributed by atoms with Gasteiger partial charge < -0.3 is 5.32 Å². The Bertz CT molecular complexity index is 327. The SMILES string of the molecule is CC(NCC1CCCCC1)c1ccc(I)cc1. The van der Waals surface area contributed by atoms with Gasteiger partial charge >= 0.3 is 0 Å². The Morgan fingerprint density at radius 2 is 1.82 bits per heavy atom. The predicted molar refractivity (Wildman–Crippen MR) is 82.2 cm³/mol. The highest BCUT2D eigenvalue weighted by Crippen LogP contribution is 2.24. The van der Waals surface area contributed by atoms with Crippen LogP contribution in [0.2, 0.25) is 0 Å². The number of benzene rings is 1. The largest absolute Gasteiger partial charge is 0.310 e. The molecule has 1 aromatic rings. The van der Waals surface area contributed by atoms with Crippen molar-refractivity contribution in [1.29, 1.82) is 0 Å². The Labute approximate surface area is 119 Å². The molecule has 2 heteroatoms. The first kappa shape index (κ1) is 13.3. The van der Waals surface area contributed by atoms with Gasteiger partial charge in [0.1, 0.15) is 0 Å². The molecule has 0 heterocycles. The molecule has 1 aliphatic rings. The molecule has 1 saturated carbocycles. The van der Waals surface area contributed by atoms with E-state index in [1.807, 2.05) is 0 Å². The third kappa shape index (κ3) is 4.25. The number of halogens is 1. The second kappa shape index (κ2) is 6.74. The average molecular weight is 343 g/mol. The topological polar surface area (TPSA) is 12.0 Å². The van der Waals surface area contributed by atoms with Gasteiger partial charge in [0.15, 0.2) is 0 Å². The molecule has 0 amide bonds. The highest BCUT2D eigenvalue weighted by Gasteiger charge is 2.14. The van der Waals surface area contributed by atoms with Crippen molar-refractivity contribution in [2.75, 3.05) is 6.54 Å². The van der Waals surface area contributed by atoms with Crippen molar-refractivity contribution in [3.8, 4) is 0 Å². The summed E-state index contributed by atoms with van der Waals surface area (Å²) in [5.74, 6) is 0.912. The lowest BCUT2D eigenvalue weighted by Crippen LogP contribution is -2.27. The van der Waals surface area contributed by atoms with Crippen LogP contribution in [-0.4, -0.2) is 6.54 Å². The molecule has 1 unspecified atom stereocenters. The second-order valence-electron chi connectivity index (χ2n) is 5.19. The minimum absolute atomic E-state index is 0.480. The molecule has 0 bridgehead atoms. The quantitative estimate of drug-likeness (QED) is 0.793. The fourth-order valence-electron chi connectivity index (χ4n) is 2.60. The summed E-state index contributed by atoms with van der Waals surface area (Å²) in [5, 5.41) is 3.69. The molecular weight excluding hydrogens is 321 g/mol. The van der Waals surface area contributed by atoms with Gasteiger partial charge in [-0.25, -0.2) is 0 Å². The van der Waals surface area contributed by atoms with Crippen LogP contribution in [0.5, 0.6) is 0 Å². The number of rotatable bonds is 4. The Morgan fingerprint density at radius 3 is 2.47 bits per heavy atom. The summed E-state index contributed by atoms with van der Waals surface area (Å²) in [7, 11) is 0. The summed E-state index contributed by atoms with van der Waals surface area (Å²) < 4.78 is 1.31. The van der Waals surface area contributed by atoms with Crippen molar-refractivity contribution in [2.45, 2.75) is 45.1 Å². The molecule has 0 radical (unpaired) electrons. The normalized spacial score (nSPS) is 19.2. The van der Waals surface area contributed by atoms with Gasteiger partial charge in [-0.3, -0.25) is 0 Å². The molecule has 2 rings (SSSR count). The van der Waals surface area contributed by atoms with Crippen LogP contribution in [0.4, 0.5) is 0 Å². The number of nitrogens with one attached hydrogen (secondary N) is 1. The lowest BCUT2D eigenvalue weighted by molar-refractivity contribution is 0.331. The first-order valence-corrected chi connectivity index (χ1v) is 7.82. The van der Waals surface area contributed by atoms with E-state index in [4.69, 9.17) is 0 Å². The molecule has 1 aromatic carbocycles. The van der Waals surface area contributed by atoms with Crippen LogP contribution < -0.4 is 5.32 Å². The number of hydrogen-bond donors (Lipinski definition) is 1. The Morgan fingerprint density at radius 1 is 1.18 bits per heavy atom. The van der Waals surface area contributed by atoms with Crippen molar-refractivity contribution >= 4 is 22.6 Å². The molecule has 1 atom stereocenters. The Balaban J connectivity index is 1.80. The van der Waals surface area contributed by atoms with Crippen LogP contribution in [0.3, 0.4) is 0 Å². The minimum Gasteiger partial charge on any atom is -0.310 e. The van der Waals surface area contributed by atoms with Gasteiger partial charge in [-0.05, 0) is 72.5 Å². The Hall–Kier alpha value is -0.0900. The molecule has 0 saturated heterocycles. The van der Waals surface area contributed by atoms with Crippen LogP contribution in [0.25, 0.3) is 0 Å². The predicted octanol–water partition coefficient (Wildman–Crippen LogP) is 4.52. The van der Waals surface area contributed by atoms with Gasteiger partial charge in [-0.15, -0.1) is 0 Å². The lowest BCUT2D eigenvalue weighted by Gasteiger charge is -2.24. The lowest BCUT2D eigenvalue weighted by atomic mass is 9.89. The van der Waals surface area contributed by atoms with Crippen molar-refractivity contribution < 1.29 is 0 Å². The molecule has 1 aliphatic carbocycles. The van der Waals surface area contributed by atoms with E-state index in [9.17, 15) is 0 Å². The standard InChI is InChI=1S/C15H22IN/c1-12(14-7-9-15(16)10-8-14)17-11-13-5-3-2-4-6-13/h7-10,12-13,17H,2-6,11H2,1H3. The molecule has 1 fully saturated rings. The zero-order valence-corrected chi connectivity index (χ0v) is 12.7. The highest BCUT2D eigenvalue weighted by atomic mass is 127. The summed E-state index contributed by atoms with van der Waals surface area (Å²) in [6, 6.07) is 9.33. The summed E-state index contributed by atoms with van der Waals surface area (Å²) in [5.41, 5.74) is 1.40. The highest BCUT2D eigenvalue weighted by molar-refractivity contribution is 14.1. The maximum absolute atomic E-state index is 3.69. The van der Waals surface area contributed by atoms with Crippen molar-refractivity contribution in [3.63, 3.8) is 0 Å². The zero-order chi connectivity index (χ0) is 12.1. The molecular formula is C15H22IN. The van der Waals surface area contributed by atoms with Gasteiger partial charge in [-0.1, -0.05) is 31.4 Å². The maximum atomic E-state index is 3.69. The van der Waals surface area contributed by atoms with Crippen LogP contribution in [-0.2, 0) is 0 Å². The van der Waals surface area contributed by atoms with Gasteiger partial charge in [0.25, 0.3) is 0 Å². The zero-order valence-electron chi connectivity index (χ0n) is 10.6. The molecule has 1 nitrogen and oxygen atoms in total. The van der Waals surface area contributed by atoms with Crippen LogP contribution in [0.1, 0.15) is 50.6 Å². The fourth-order valence-corrected chi connectivity index (χ4v) is 2.96. The van der Waals surface area contributed by atoms with E-state index >= 15 is 0 Å².